The summed E-state index contributed by atoms with van der Waals surface area (Å²) in [5, 5.41) is 3.40. The quantitative estimate of drug-likeness (QED) is 0.891. The van der Waals surface area contributed by atoms with Crippen LogP contribution in [-0.2, 0) is 5.41 Å². The van der Waals surface area contributed by atoms with Gasteiger partial charge in [0, 0.05) is 38.1 Å². The molecule has 1 aliphatic rings. The Kier molecular flexibility index (Phi) is 5.80. The zero-order valence-electron chi connectivity index (χ0n) is 16.8. The Labute approximate surface area is 162 Å². The molecule has 0 saturated carbocycles. The number of likely N-dealkylation sites (N-methyl/N-ethyl adjacent to an activating group) is 1. The Bertz CT molecular complexity index is 772. The van der Waals surface area contributed by atoms with Crippen LogP contribution in [-0.4, -0.2) is 53.4 Å². The summed E-state index contributed by atoms with van der Waals surface area (Å²) in [6, 6.07) is 12.0. The highest BCUT2D eigenvalue weighted by molar-refractivity contribution is 5.94. The lowest BCUT2D eigenvalue weighted by molar-refractivity contribution is 0.0643. The van der Waals surface area contributed by atoms with Crippen LogP contribution in [0.1, 0.15) is 43.6 Å². The molecule has 2 aromatic rings. The van der Waals surface area contributed by atoms with Gasteiger partial charge in [-0.2, -0.15) is 0 Å². The Morgan fingerprint density at radius 1 is 1.07 bits per heavy atom. The van der Waals surface area contributed by atoms with Crippen molar-refractivity contribution in [3.05, 3.63) is 53.7 Å². The highest BCUT2D eigenvalue weighted by Gasteiger charge is 2.22. The summed E-state index contributed by atoms with van der Waals surface area (Å²) >= 11 is 0. The lowest BCUT2D eigenvalue weighted by Crippen LogP contribution is -2.48. The Balaban J connectivity index is 1.69. The van der Waals surface area contributed by atoms with E-state index in [1.807, 2.05) is 23.1 Å². The first kappa shape index (κ1) is 19.4. The Morgan fingerprint density at radius 3 is 2.37 bits per heavy atom. The molecule has 1 saturated heterocycles. The van der Waals surface area contributed by atoms with Gasteiger partial charge >= 0.3 is 0 Å². The van der Waals surface area contributed by atoms with Crippen molar-refractivity contribution in [3.8, 4) is 0 Å². The lowest BCUT2D eigenvalue weighted by Gasteiger charge is -2.34. The van der Waals surface area contributed by atoms with Crippen LogP contribution in [0.25, 0.3) is 0 Å². The Morgan fingerprint density at radius 2 is 1.78 bits per heavy atom. The van der Waals surface area contributed by atoms with E-state index in [-0.39, 0.29) is 11.3 Å². The maximum Gasteiger partial charge on any atom is 0.255 e. The first-order valence-electron chi connectivity index (χ1n) is 9.72. The highest BCUT2D eigenvalue weighted by atomic mass is 16.2. The molecule has 0 aliphatic carbocycles. The number of carbonyl (C=O) groups excluding carboxylic acids is 1. The number of rotatable bonds is 4. The van der Waals surface area contributed by atoms with Crippen molar-refractivity contribution in [2.24, 2.45) is 0 Å². The molecule has 5 heteroatoms. The molecule has 1 aromatic heterocycles. The van der Waals surface area contributed by atoms with Gasteiger partial charge in [0.2, 0.25) is 0 Å². The van der Waals surface area contributed by atoms with Crippen LogP contribution in [0.3, 0.4) is 0 Å². The first-order chi connectivity index (χ1) is 12.9. The van der Waals surface area contributed by atoms with Crippen molar-refractivity contribution in [1.29, 1.82) is 0 Å². The molecule has 0 unspecified atom stereocenters. The molecule has 144 valence electrons. The summed E-state index contributed by atoms with van der Waals surface area (Å²) in [4.78, 5) is 21.5. The molecule has 1 aromatic carbocycles. The molecular weight excluding hydrogens is 336 g/mol. The monoisotopic (exact) mass is 366 g/mol. The molecule has 1 aliphatic heterocycles. The molecule has 0 bridgehead atoms. The molecule has 27 heavy (non-hydrogen) atoms. The minimum atomic E-state index is 0.0418. The fourth-order valence-corrected chi connectivity index (χ4v) is 3.43. The third-order valence-corrected chi connectivity index (χ3v) is 5.11. The van der Waals surface area contributed by atoms with Crippen molar-refractivity contribution >= 4 is 17.4 Å². The maximum absolute atomic E-state index is 12.7. The van der Waals surface area contributed by atoms with Crippen molar-refractivity contribution < 1.29 is 4.79 Å². The number of benzene rings is 1. The van der Waals surface area contributed by atoms with Crippen molar-refractivity contribution in [1.82, 2.24) is 14.8 Å². The molecule has 1 N–H and O–H groups in total. The fourth-order valence-electron chi connectivity index (χ4n) is 3.43. The summed E-state index contributed by atoms with van der Waals surface area (Å²) in [6.45, 7) is 13.2. The lowest BCUT2D eigenvalue weighted by atomic mass is 9.86. The van der Waals surface area contributed by atoms with E-state index < -0.39 is 0 Å². The fraction of sp³-hybridized carbons (Fsp3) is 0.455. The number of pyridine rings is 1. The average molecular weight is 367 g/mol. The minimum absolute atomic E-state index is 0.0418. The SMILES string of the molecule is CCN1CCN(C(=O)c2ccc(Nc3ccccc3C(C)(C)C)nc2)CC1. The van der Waals surface area contributed by atoms with Gasteiger partial charge in [-0.15, -0.1) is 0 Å². The van der Waals surface area contributed by atoms with Crippen LogP contribution in [0.5, 0.6) is 0 Å². The highest BCUT2D eigenvalue weighted by Crippen LogP contribution is 2.30. The number of hydrogen-bond acceptors (Lipinski definition) is 4. The first-order valence-corrected chi connectivity index (χ1v) is 9.72. The number of carbonyl (C=O) groups is 1. The molecule has 5 nitrogen and oxygen atoms in total. The average Bonchev–Trinajstić information content (AvgIpc) is 2.68. The second kappa shape index (κ2) is 8.09. The van der Waals surface area contributed by atoms with Crippen LogP contribution in [0.4, 0.5) is 11.5 Å². The third-order valence-electron chi connectivity index (χ3n) is 5.11. The number of nitrogens with one attached hydrogen (secondary N) is 1. The largest absolute Gasteiger partial charge is 0.340 e. The van der Waals surface area contributed by atoms with E-state index in [0.29, 0.717) is 5.56 Å². The van der Waals surface area contributed by atoms with Gasteiger partial charge in [0.1, 0.15) is 5.82 Å². The number of aromatic nitrogens is 1. The Hall–Kier alpha value is -2.40. The van der Waals surface area contributed by atoms with E-state index in [1.54, 1.807) is 6.20 Å². The third kappa shape index (κ3) is 4.66. The van der Waals surface area contributed by atoms with E-state index in [9.17, 15) is 4.79 Å². The van der Waals surface area contributed by atoms with Gasteiger partial charge in [-0.05, 0) is 35.7 Å². The number of para-hydroxylation sites is 1. The molecule has 1 fully saturated rings. The summed E-state index contributed by atoms with van der Waals surface area (Å²) in [5.74, 6) is 0.818. The smallest absolute Gasteiger partial charge is 0.255 e. The van der Waals surface area contributed by atoms with Crippen LogP contribution < -0.4 is 5.32 Å². The second-order valence-corrected chi connectivity index (χ2v) is 8.08. The zero-order valence-corrected chi connectivity index (χ0v) is 16.8. The number of piperazine rings is 1. The zero-order chi connectivity index (χ0) is 19.4. The van der Waals surface area contributed by atoms with Gasteiger partial charge in [-0.25, -0.2) is 4.98 Å². The van der Waals surface area contributed by atoms with Gasteiger partial charge < -0.3 is 15.1 Å². The van der Waals surface area contributed by atoms with Crippen molar-refractivity contribution in [3.63, 3.8) is 0 Å². The van der Waals surface area contributed by atoms with E-state index in [4.69, 9.17) is 0 Å². The van der Waals surface area contributed by atoms with E-state index in [1.165, 1.54) is 5.56 Å². The van der Waals surface area contributed by atoms with Gasteiger partial charge in [0.15, 0.2) is 0 Å². The normalized spacial score (nSPS) is 15.6. The van der Waals surface area contributed by atoms with Crippen molar-refractivity contribution in [2.45, 2.75) is 33.1 Å². The van der Waals surface area contributed by atoms with Crippen LogP contribution in [0.2, 0.25) is 0 Å². The van der Waals surface area contributed by atoms with Gasteiger partial charge in [-0.1, -0.05) is 45.9 Å². The minimum Gasteiger partial charge on any atom is -0.340 e. The number of nitrogens with zero attached hydrogens (tertiary/aromatic N) is 3. The number of amides is 1. The maximum atomic E-state index is 12.7. The van der Waals surface area contributed by atoms with E-state index in [2.05, 4.69) is 61.1 Å². The molecule has 1 amide bonds. The second-order valence-electron chi connectivity index (χ2n) is 8.08. The van der Waals surface area contributed by atoms with Crippen LogP contribution >= 0.6 is 0 Å². The molecule has 0 atom stereocenters. The van der Waals surface area contributed by atoms with Crippen LogP contribution in [0.15, 0.2) is 42.6 Å². The standard InChI is InChI=1S/C22H30N4O/c1-5-25-12-14-26(15-13-25)21(27)17-10-11-20(23-16-17)24-19-9-7-6-8-18(19)22(2,3)4/h6-11,16H,5,12-15H2,1-4H3,(H,23,24). The summed E-state index contributed by atoms with van der Waals surface area (Å²) in [7, 11) is 0. The van der Waals surface area contributed by atoms with E-state index >= 15 is 0 Å². The van der Waals surface area contributed by atoms with Crippen molar-refractivity contribution in [2.75, 3.05) is 38.0 Å². The number of hydrogen-bond donors (Lipinski definition) is 1. The summed E-state index contributed by atoms with van der Waals surface area (Å²) in [6.07, 6.45) is 1.68. The molecule has 3 rings (SSSR count). The molecule has 0 spiro atoms. The van der Waals surface area contributed by atoms with Gasteiger partial charge in [-0.3, -0.25) is 4.79 Å². The topological polar surface area (TPSA) is 48.5 Å². The molecule has 0 radical (unpaired) electrons. The van der Waals surface area contributed by atoms with E-state index in [0.717, 1.165) is 44.2 Å². The predicted molar refractivity (Wildman–Crippen MR) is 111 cm³/mol. The summed E-state index contributed by atoms with van der Waals surface area (Å²) in [5.41, 5.74) is 2.97. The van der Waals surface area contributed by atoms with Gasteiger partial charge in [0.25, 0.3) is 5.91 Å². The summed E-state index contributed by atoms with van der Waals surface area (Å²) < 4.78 is 0. The number of anilines is 2. The van der Waals surface area contributed by atoms with Gasteiger partial charge in [0.05, 0.1) is 5.56 Å². The molecular formula is C22H30N4O. The molecule has 2 heterocycles. The predicted octanol–water partition coefficient (Wildman–Crippen LogP) is 3.90. The van der Waals surface area contributed by atoms with Crippen LogP contribution in [0, 0.1) is 0 Å².